The molecule has 0 aromatic heterocycles. The Morgan fingerprint density at radius 3 is 2.91 bits per heavy atom. The molecule has 2 amide bonds. The second-order valence-electron chi connectivity index (χ2n) is 1.91. The van der Waals surface area contributed by atoms with Crippen molar-refractivity contribution in [2.24, 2.45) is 0 Å². The number of rotatable bonds is 3. The van der Waals surface area contributed by atoms with Crippen molar-refractivity contribution in [1.82, 2.24) is 16.1 Å². The lowest BCUT2D eigenvalue weighted by Crippen LogP contribution is -2.22. The summed E-state index contributed by atoms with van der Waals surface area (Å²) < 4.78 is 0. The van der Waals surface area contributed by atoms with Gasteiger partial charge in [0.2, 0.25) is 6.41 Å². The van der Waals surface area contributed by atoms with Crippen LogP contribution in [0.5, 0.6) is 0 Å². The number of amides is 2. The first-order valence-electron chi connectivity index (χ1n) is 2.91. The van der Waals surface area contributed by atoms with E-state index < -0.39 is 5.91 Å². The minimum atomic E-state index is -0.433. The van der Waals surface area contributed by atoms with E-state index in [1.807, 2.05) is 0 Å². The van der Waals surface area contributed by atoms with E-state index in [1.54, 1.807) is 5.48 Å². The minimum Gasteiger partial charge on any atom is -0.345 e. The van der Waals surface area contributed by atoms with Gasteiger partial charge in [0.1, 0.15) is 5.70 Å². The average molecular weight is 157 g/mol. The smallest absolute Gasteiger partial charge is 0.271 e. The molecule has 0 radical (unpaired) electrons. The Balaban J connectivity index is 2.79. The van der Waals surface area contributed by atoms with Gasteiger partial charge in [-0.2, -0.15) is 0 Å². The SMILES string of the molecule is O=CNC1=C(NO)C(=O)NC1. The first kappa shape index (κ1) is 7.55. The molecule has 0 bridgehead atoms. The van der Waals surface area contributed by atoms with Crippen molar-refractivity contribution in [2.45, 2.75) is 0 Å². The topological polar surface area (TPSA) is 90.5 Å². The Bertz CT molecular complexity index is 223. The van der Waals surface area contributed by atoms with Gasteiger partial charge in [0, 0.05) is 0 Å². The molecule has 0 aromatic rings. The Kier molecular flexibility index (Phi) is 2.07. The van der Waals surface area contributed by atoms with E-state index in [9.17, 15) is 9.59 Å². The number of carbonyl (C=O) groups excluding carboxylic acids is 2. The average Bonchev–Trinajstić information content (AvgIpc) is 2.33. The maximum absolute atomic E-state index is 10.7. The van der Waals surface area contributed by atoms with Crippen LogP contribution >= 0.6 is 0 Å². The van der Waals surface area contributed by atoms with Crippen LogP contribution in [0.2, 0.25) is 0 Å². The van der Waals surface area contributed by atoms with Crippen LogP contribution < -0.4 is 16.1 Å². The van der Waals surface area contributed by atoms with E-state index in [0.29, 0.717) is 12.1 Å². The lowest BCUT2D eigenvalue weighted by molar-refractivity contribution is -0.117. The molecule has 1 heterocycles. The molecular formula is C5H7N3O3. The molecule has 6 nitrogen and oxygen atoms in total. The van der Waals surface area contributed by atoms with Crippen molar-refractivity contribution < 1.29 is 14.8 Å². The standard InChI is InChI=1S/C5H7N3O3/c9-2-7-3-1-6-5(10)4(3)8-11/h2,8,11H,1H2,(H,6,10)(H,7,9). The molecule has 1 rings (SSSR count). The highest BCUT2D eigenvalue weighted by molar-refractivity contribution is 5.96. The highest BCUT2D eigenvalue weighted by Crippen LogP contribution is 2.02. The normalized spacial score (nSPS) is 16.3. The zero-order chi connectivity index (χ0) is 8.27. The van der Waals surface area contributed by atoms with Crippen LogP contribution in [0.3, 0.4) is 0 Å². The summed E-state index contributed by atoms with van der Waals surface area (Å²) >= 11 is 0. The molecule has 60 valence electrons. The van der Waals surface area contributed by atoms with Crippen LogP contribution in [-0.4, -0.2) is 24.1 Å². The Labute approximate surface area is 62.2 Å². The van der Waals surface area contributed by atoms with E-state index in [2.05, 4.69) is 10.6 Å². The van der Waals surface area contributed by atoms with Crippen molar-refractivity contribution in [1.29, 1.82) is 0 Å². The van der Waals surface area contributed by atoms with Crippen LogP contribution in [0.15, 0.2) is 11.4 Å². The summed E-state index contributed by atoms with van der Waals surface area (Å²) in [5.74, 6) is -0.433. The quantitative estimate of drug-likeness (QED) is 0.283. The molecule has 1 aliphatic rings. The number of carbonyl (C=O) groups is 2. The maximum atomic E-state index is 10.7. The highest BCUT2D eigenvalue weighted by atomic mass is 16.5. The third kappa shape index (κ3) is 1.30. The molecule has 0 atom stereocenters. The molecule has 0 aromatic carbocycles. The second-order valence-corrected chi connectivity index (χ2v) is 1.91. The third-order valence-electron chi connectivity index (χ3n) is 1.30. The molecule has 0 fully saturated rings. The summed E-state index contributed by atoms with van der Waals surface area (Å²) in [6, 6.07) is 0. The number of hydroxylamine groups is 1. The van der Waals surface area contributed by atoms with E-state index in [4.69, 9.17) is 5.21 Å². The molecular weight excluding hydrogens is 150 g/mol. The number of nitrogens with one attached hydrogen (secondary N) is 3. The molecule has 6 heteroatoms. The molecule has 0 saturated carbocycles. The molecule has 11 heavy (non-hydrogen) atoms. The van der Waals surface area contributed by atoms with Gasteiger partial charge in [0.15, 0.2) is 0 Å². The first-order valence-corrected chi connectivity index (χ1v) is 2.91. The predicted octanol–water partition coefficient (Wildman–Crippen LogP) is -1.95. The van der Waals surface area contributed by atoms with Crippen LogP contribution in [0.25, 0.3) is 0 Å². The Morgan fingerprint density at radius 1 is 1.64 bits per heavy atom. The summed E-state index contributed by atoms with van der Waals surface area (Å²) in [5, 5.41) is 13.1. The minimum absolute atomic E-state index is 0.0166. The monoisotopic (exact) mass is 157 g/mol. The summed E-state index contributed by atoms with van der Waals surface area (Å²) in [5.41, 5.74) is 2.02. The van der Waals surface area contributed by atoms with Gasteiger partial charge in [-0.25, -0.2) is 0 Å². The summed E-state index contributed by atoms with van der Waals surface area (Å²) in [6.07, 6.45) is 0.437. The van der Waals surface area contributed by atoms with E-state index in [0.717, 1.165) is 0 Å². The lowest BCUT2D eigenvalue weighted by atomic mass is 10.4. The van der Waals surface area contributed by atoms with Gasteiger partial charge in [-0.15, -0.1) is 0 Å². The van der Waals surface area contributed by atoms with Crippen LogP contribution in [0.1, 0.15) is 0 Å². The molecule has 0 aliphatic carbocycles. The van der Waals surface area contributed by atoms with Crippen LogP contribution in [-0.2, 0) is 9.59 Å². The summed E-state index contributed by atoms with van der Waals surface area (Å²) in [4.78, 5) is 20.7. The van der Waals surface area contributed by atoms with E-state index in [-0.39, 0.29) is 12.2 Å². The summed E-state index contributed by atoms with van der Waals surface area (Å²) in [6.45, 7) is 0.223. The summed E-state index contributed by atoms with van der Waals surface area (Å²) in [7, 11) is 0. The fourth-order valence-electron chi connectivity index (χ4n) is 0.795. The van der Waals surface area contributed by atoms with E-state index in [1.165, 1.54) is 0 Å². The van der Waals surface area contributed by atoms with Gasteiger partial charge in [-0.05, 0) is 0 Å². The van der Waals surface area contributed by atoms with Gasteiger partial charge in [-0.1, -0.05) is 0 Å². The zero-order valence-corrected chi connectivity index (χ0v) is 5.55. The van der Waals surface area contributed by atoms with Gasteiger partial charge >= 0.3 is 0 Å². The predicted molar refractivity (Wildman–Crippen MR) is 34.2 cm³/mol. The van der Waals surface area contributed by atoms with Gasteiger partial charge in [0.05, 0.1) is 12.2 Å². The molecule has 0 saturated heterocycles. The maximum Gasteiger partial charge on any atom is 0.271 e. The van der Waals surface area contributed by atoms with E-state index >= 15 is 0 Å². The van der Waals surface area contributed by atoms with Gasteiger partial charge < -0.3 is 10.6 Å². The van der Waals surface area contributed by atoms with Crippen LogP contribution in [0.4, 0.5) is 0 Å². The Morgan fingerprint density at radius 2 is 2.36 bits per heavy atom. The Hall–Kier alpha value is -1.56. The molecule has 0 unspecified atom stereocenters. The molecule has 0 spiro atoms. The van der Waals surface area contributed by atoms with Crippen molar-refractivity contribution in [3.8, 4) is 0 Å². The third-order valence-corrected chi connectivity index (χ3v) is 1.30. The van der Waals surface area contributed by atoms with Gasteiger partial charge in [0.25, 0.3) is 5.91 Å². The van der Waals surface area contributed by atoms with Crippen LogP contribution in [0, 0.1) is 0 Å². The highest BCUT2D eigenvalue weighted by Gasteiger charge is 2.21. The van der Waals surface area contributed by atoms with Gasteiger partial charge in [-0.3, -0.25) is 20.3 Å². The fraction of sp³-hybridized carbons (Fsp3) is 0.200. The largest absolute Gasteiger partial charge is 0.345 e. The number of hydrogen-bond donors (Lipinski definition) is 4. The fourth-order valence-corrected chi connectivity index (χ4v) is 0.795. The number of hydrogen-bond acceptors (Lipinski definition) is 4. The second kappa shape index (κ2) is 3.02. The molecule has 4 N–H and O–H groups in total. The van der Waals surface area contributed by atoms with Crippen molar-refractivity contribution in [2.75, 3.05) is 6.54 Å². The van der Waals surface area contributed by atoms with Crippen molar-refractivity contribution >= 4 is 12.3 Å². The molecule has 1 aliphatic heterocycles. The van der Waals surface area contributed by atoms with Crippen molar-refractivity contribution in [3.05, 3.63) is 11.4 Å². The zero-order valence-electron chi connectivity index (χ0n) is 5.55. The lowest BCUT2D eigenvalue weighted by Gasteiger charge is -1.98. The van der Waals surface area contributed by atoms with Crippen molar-refractivity contribution in [3.63, 3.8) is 0 Å². The first-order chi connectivity index (χ1) is 5.29.